The number of rotatable bonds is 9. The third-order valence-electron chi connectivity index (χ3n) is 3.35. The number of benzene rings is 1. The first-order valence-corrected chi connectivity index (χ1v) is 7.21. The van der Waals surface area contributed by atoms with Gasteiger partial charge in [-0.15, -0.1) is 0 Å². The lowest BCUT2D eigenvalue weighted by Crippen LogP contribution is -2.16. The summed E-state index contributed by atoms with van der Waals surface area (Å²) in [4.78, 5) is 10.5. The van der Waals surface area contributed by atoms with Crippen LogP contribution in [0.2, 0.25) is 0 Å². The number of hydrogen-bond donors (Lipinski definition) is 1. The average Bonchev–Trinajstić information content (AvgIpc) is 3.29. The van der Waals surface area contributed by atoms with Crippen LogP contribution >= 0.6 is 0 Å². The maximum absolute atomic E-state index is 10.9. The van der Waals surface area contributed by atoms with E-state index in [1.807, 2.05) is 0 Å². The molecule has 112 valence electrons. The zero-order valence-corrected chi connectivity index (χ0v) is 11.9. The number of nitro benzene ring substituents is 1. The molecule has 6 nitrogen and oxygen atoms in total. The fourth-order valence-electron chi connectivity index (χ4n) is 1.99. The van der Waals surface area contributed by atoms with Crippen LogP contribution in [0, 0.1) is 21.4 Å². The van der Waals surface area contributed by atoms with Crippen molar-refractivity contribution in [3.8, 4) is 11.8 Å². The summed E-state index contributed by atoms with van der Waals surface area (Å²) in [7, 11) is 0. The molecule has 1 aromatic carbocycles. The maximum atomic E-state index is 10.9. The fourth-order valence-corrected chi connectivity index (χ4v) is 1.99. The van der Waals surface area contributed by atoms with Gasteiger partial charge < -0.3 is 10.1 Å². The Morgan fingerprint density at radius 3 is 2.90 bits per heavy atom. The van der Waals surface area contributed by atoms with E-state index >= 15 is 0 Å². The highest BCUT2D eigenvalue weighted by Crippen LogP contribution is 2.26. The van der Waals surface area contributed by atoms with E-state index in [1.165, 1.54) is 18.9 Å². The highest BCUT2D eigenvalue weighted by atomic mass is 16.6. The van der Waals surface area contributed by atoms with Gasteiger partial charge in [-0.25, -0.2) is 0 Å². The van der Waals surface area contributed by atoms with Crippen LogP contribution in [-0.4, -0.2) is 17.6 Å². The molecule has 0 heterocycles. The van der Waals surface area contributed by atoms with Gasteiger partial charge in [0.1, 0.15) is 5.75 Å². The molecule has 0 aliphatic heterocycles. The van der Waals surface area contributed by atoms with Crippen LogP contribution in [-0.2, 0) is 6.54 Å². The van der Waals surface area contributed by atoms with Crippen LogP contribution in [0.3, 0.4) is 0 Å². The number of ether oxygens (including phenoxy) is 1. The Labute approximate surface area is 123 Å². The molecule has 0 aromatic heterocycles. The molecule has 0 saturated heterocycles. The molecule has 0 spiro atoms. The van der Waals surface area contributed by atoms with Crippen molar-refractivity contribution in [1.29, 1.82) is 5.26 Å². The number of non-ortho nitro benzene ring substituents is 1. The lowest BCUT2D eigenvalue weighted by Gasteiger charge is -2.12. The predicted octanol–water partition coefficient (Wildman–Crippen LogP) is 2.92. The number of hydrogen-bond acceptors (Lipinski definition) is 5. The molecule has 0 bridgehead atoms. The van der Waals surface area contributed by atoms with Gasteiger partial charge in [0.2, 0.25) is 0 Å². The van der Waals surface area contributed by atoms with Crippen molar-refractivity contribution in [3.05, 3.63) is 33.9 Å². The molecule has 2 rings (SSSR count). The minimum absolute atomic E-state index is 0.0828. The molecule has 1 aliphatic rings. The standard InChI is InChI=1S/C15H19N3O3/c16-8-2-1-3-9-21-15-7-6-14(18(19)20)10-12(15)11-17-13-4-5-13/h6-7,10,13,17H,1-5,9,11H2. The Hall–Kier alpha value is -2.13. The van der Waals surface area contributed by atoms with Gasteiger partial charge in [0.25, 0.3) is 5.69 Å². The van der Waals surface area contributed by atoms with E-state index in [9.17, 15) is 10.1 Å². The maximum Gasteiger partial charge on any atom is 0.270 e. The zero-order valence-electron chi connectivity index (χ0n) is 11.9. The van der Waals surface area contributed by atoms with Crippen LogP contribution in [0.25, 0.3) is 0 Å². The fraction of sp³-hybridized carbons (Fsp3) is 0.533. The zero-order chi connectivity index (χ0) is 15.1. The average molecular weight is 289 g/mol. The quantitative estimate of drug-likeness (QED) is 0.429. The minimum Gasteiger partial charge on any atom is -0.493 e. The number of nitrogens with zero attached hydrogens (tertiary/aromatic N) is 2. The van der Waals surface area contributed by atoms with Crippen molar-refractivity contribution in [2.24, 2.45) is 0 Å². The van der Waals surface area contributed by atoms with Gasteiger partial charge in [0, 0.05) is 36.7 Å². The van der Waals surface area contributed by atoms with Gasteiger partial charge in [0.05, 0.1) is 17.6 Å². The summed E-state index contributed by atoms with van der Waals surface area (Å²) in [5.74, 6) is 0.686. The van der Waals surface area contributed by atoms with Gasteiger partial charge in [-0.3, -0.25) is 10.1 Å². The Morgan fingerprint density at radius 1 is 1.43 bits per heavy atom. The Kier molecular flexibility index (Phi) is 5.52. The van der Waals surface area contributed by atoms with Gasteiger partial charge in [-0.05, 0) is 31.7 Å². The van der Waals surface area contributed by atoms with E-state index in [-0.39, 0.29) is 5.69 Å². The number of nitrogens with one attached hydrogen (secondary N) is 1. The lowest BCUT2D eigenvalue weighted by molar-refractivity contribution is -0.384. The van der Waals surface area contributed by atoms with Crippen LogP contribution in [0.4, 0.5) is 5.69 Å². The smallest absolute Gasteiger partial charge is 0.270 e. The molecule has 1 N–H and O–H groups in total. The first kappa shape index (κ1) is 15.3. The molecule has 1 saturated carbocycles. The molecule has 21 heavy (non-hydrogen) atoms. The highest BCUT2D eigenvalue weighted by molar-refractivity contribution is 5.43. The van der Waals surface area contributed by atoms with Gasteiger partial charge in [0.15, 0.2) is 0 Å². The van der Waals surface area contributed by atoms with Crippen LogP contribution in [0.1, 0.15) is 37.7 Å². The van der Waals surface area contributed by atoms with Gasteiger partial charge >= 0.3 is 0 Å². The van der Waals surface area contributed by atoms with E-state index in [4.69, 9.17) is 10.00 Å². The molecule has 0 atom stereocenters. The SMILES string of the molecule is N#CCCCCOc1ccc([N+](=O)[O-])cc1CNC1CC1. The van der Waals surface area contributed by atoms with E-state index in [2.05, 4.69) is 11.4 Å². The second-order valence-corrected chi connectivity index (χ2v) is 5.17. The monoisotopic (exact) mass is 289 g/mol. The third-order valence-corrected chi connectivity index (χ3v) is 3.35. The van der Waals surface area contributed by atoms with E-state index < -0.39 is 4.92 Å². The Morgan fingerprint density at radius 2 is 2.24 bits per heavy atom. The van der Waals surface area contributed by atoms with Crippen molar-refractivity contribution in [2.45, 2.75) is 44.7 Å². The van der Waals surface area contributed by atoms with Crippen molar-refractivity contribution >= 4 is 5.69 Å². The lowest BCUT2D eigenvalue weighted by atomic mass is 10.1. The molecule has 1 aliphatic carbocycles. The van der Waals surface area contributed by atoms with Crippen molar-refractivity contribution in [1.82, 2.24) is 5.32 Å². The molecule has 0 unspecified atom stereocenters. The first-order valence-electron chi connectivity index (χ1n) is 7.21. The minimum atomic E-state index is -0.392. The van der Waals surface area contributed by atoms with Gasteiger partial charge in [-0.1, -0.05) is 0 Å². The first-order chi connectivity index (χ1) is 10.2. The number of unbranched alkanes of at least 4 members (excludes halogenated alkanes) is 2. The summed E-state index contributed by atoms with van der Waals surface area (Å²) in [5, 5.41) is 22.7. The second-order valence-electron chi connectivity index (χ2n) is 5.17. The van der Waals surface area contributed by atoms with Gasteiger partial charge in [-0.2, -0.15) is 5.26 Å². The highest BCUT2D eigenvalue weighted by Gasteiger charge is 2.21. The van der Waals surface area contributed by atoms with E-state index in [1.54, 1.807) is 12.1 Å². The van der Waals surface area contributed by atoms with E-state index in [0.717, 1.165) is 18.4 Å². The summed E-state index contributed by atoms with van der Waals surface area (Å²) in [6.45, 7) is 1.11. The molecule has 6 heteroatoms. The molecular weight excluding hydrogens is 270 g/mol. The molecule has 1 fully saturated rings. The van der Waals surface area contributed by atoms with Crippen LogP contribution in [0.5, 0.6) is 5.75 Å². The summed E-state index contributed by atoms with van der Waals surface area (Å²) in [6.07, 6.45) is 4.47. The second kappa shape index (κ2) is 7.60. The Balaban J connectivity index is 1.95. The van der Waals surface area contributed by atoms with Crippen LogP contribution < -0.4 is 10.1 Å². The summed E-state index contributed by atoms with van der Waals surface area (Å²) >= 11 is 0. The summed E-state index contributed by atoms with van der Waals surface area (Å²) < 4.78 is 5.70. The number of nitriles is 1. The van der Waals surface area contributed by atoms with Crippen molar-refractivity contribution < 1.29 is 9.66 Å². The topological polar surface area (TPSA) is 88.2 Å². The third kappa shape index (κ3) is 5.04. The number of nitro groups is 1. The summed E-state index contributed by atoms with van der Waals surface area (Å²) in [6, 6.07) is 7.32. The molecular formula is C15H19N3O3. The molecule has 0 amide bonds. The van der Waals surface area contributed by atoms with Crippen LogP contribution in [0.15, 0.2) is 18.2 Å². The molecule has 0 radical (unpaired) electrons. The Bertz CT molecular complexity index is 535. The van der Waals surface area contributed by atoms with E-state index in [0.29, 0.717) is 31.4 Å². The summed E-state index contributed by atoms with van der Waals surface area (Å²) in [5.41, 5.74) is 0.899. The largest absolute Gasteiger partial charge is 0.493 e. The van der Waals surface area contributed by atoms with Crippen molar-refractivity contribution in [3.63, 3.8) is 0 Å². The molecule has 1 aromatic rings. The normalized spacial score (nSPS) is 13.7. The predicted molar refractivity (Wildman–Crippen MR) is 77.9 cm³/mol. The van der Waals surface area contributed by atoms with Crippen molar-refractivity contribution in [2.75, 3.05) is 6.61 Å².